The zero-order valence-electron chi connectivity index (χ0n) is 18.3. The lowest BCUT2D eigenvalue weighted by Crippen LogP contribution is -2.48. The van der Waals surface area contributed by atoms with E-state index < -0.39 is 17.5 Å². The van der Waals surface area contributed by atoms with Crippen molar-refractivity contribution in [2.75, 3.05) is 5.75 Å². The molecule has 0 aliphatic carbocycles. The van der Waals surface area contributed by atoms with Gasteiger partial charge < -0.3 is 5.32 Å². The Kier molecular flexibility index (Phi) is 6.50. The monoisotopic (exact) mass is 438 g/mol. The van der Waals surface area contributed by atoms with Crippen LogP contribution in [-0.4, -0.2) is 32.8 Å². The minimum absolute atomic E-state index is 0.0622. The zero-order chi connectivity index (χ0) is 22.8. The van der Waals surface area contributed by atoms with Gasteiger partial charge in [0.2, 0.25) is 5.91 Å². The van der Waals surface area contributed by atoms with Crippen molar-refractivity contribution in [3.05, 3.63) is 63.9 Å². The lowest BCUT2D eigenvalue weighted by atomic mass is 10.1. The lowest BCUT2D eigenvalue weighted by Gasteiger charge is -2.20. The van der Waals surface area contributed by atoms with E-state index >= 15 is 0 Å². The third-order valence-electron chi connectivity index (χ3n) is 4.41. The predicted octanol–water partition coefficient (Wildman–Crippen LogP) is 3.72. The van der Waals surface area contributed by atoms with Crippen LogP contribution < -0.4 is 16.2 Å². The number of nitrogens with one attached hydrogen (secondary N) is 2. The van der Waals surface area contributed by atoms with E-state index in [1.54, 1.807) is 18.2 Å². The maximum atomic E-state index is 13.3. The highest BCUT2D eigenvalue weighted by Gasteiger charge is 2.18. The maximum absolute atomic E-state index is 13.3. The van der Waals surface area contributed by atoms with E-state index in [-0.39, 0.29) is 11.3 Å². The summed E-state index contributed by atoms with van der Waals surface area (Å²) in [6, 6.07) is 12.4. The molecule has 3 rings (SSSR count). The van der Waals surface area contributed by atoms with Crippen molar-refractivity contribution < 1.29 is 9.59 Å². The number of aromatic nitrogens is 2. The first kappa shape index (κ1) is 22.6. The summed E-state index contributed by atoms with van der Waals surface area (Å²) in [6.07, 6.45) is 0. The summed E-state index contributed by atoms with van der Waals surface area (Å²) >= 11 is 1.11. The van der Waals surface area contributed by atoms with Gasteiger partial charge in [-0.2, -0.15) is 0 Å². The smallest absolute Gasteiger partial charge is 0.321 e. The Morgan fingerprint density at radius 1 is 1.10 bits per heavy atom. The number of urea groups is 1. The van der Waals surface area contributed by atoms with Crippen molar-refractivity contribution in [2.24, 2.45) is 0 Å². The molecule has 3 aromatic rings. The van der Waals surface area contributed by atoms with Gasteiger partial charge in [-0.1, -0.05) is 41.6 Å². The second-order valence-electron chi connectivity index (χ2n) is 8.38. The van der Waals surface area contributed by atoms with Gasteiger partial charge in [-0.15, -0.1) is 0 Å². The molecular weight excluding hydrogens is 412 g/mol. The summed E-state index contributed by atoms with van der Waals surface area (Å²) in [7, 11) is 0. The van der Waals surface area contributed by atoms with Gasteiger partial charge in [0.1, 0.15) is 0 Å². The van der Waals surface area contributed by atoms with E-state index in [1.165, 1.54) is 4.57 Å². The molecule has 2 N–H and O–H groups in total. The highest BCUT2D eigenvalue weighted by Crippen LogP contribution is 2.23. The predicted molar refractivity (Wildman–Crippen MR) is 124 cm³/mol. The molecule has 8 heteroatoms. The minimum Gasteiger partial charge on any atom is -0.333 e. The van der Waals surface area contributed by atoms with Crippen LogP contribution in [0.25, 0.3) is 16.6 Å². The van der Waals surface area contributed by atoms with Crippen LogP contribution in [-0.2, 0) is 4.79 Å². The van der Waals surface area contributed by atoms with Crippen LogP contribution in [0.1, 0.15) is 31.9 Å². The van der Waals surface area contributed by atoms with Gasteiger partial charge in [-0.25, -0.2) is 9.78 Å². The molecule has 162 valence electrons. The summed E-state index contributed by atoms with van der Waals surface area (Å²) in [4.78, 5) is 42.2. The molecule has 0 atom stereocenters. The van der Waals surface area contributed by atoms with Crippen LogP contribution in [0.5, 0.6) is 0 Å². The van der Waals surface area contributed by atoms with Crippen molar-refractivity contribution in [3.8, 4) is 5.69 Å². The fraction of sp³-hybridized carbons (Fsp3) is 0.304. The maximum Gasteiger partial charge on any atom is 0.321 e. The molecule has 31 heavy (non-hydrogen) atoms. The summed E-state index contributed by atoms with van der Waals surface area (Å²) in [5, 5.41) is 5.88. The number of carbonyl (C=O) groups is 2. The summed E-state index contributed by atoms with van der Waals surface area (Å²) in [6.45, 7) is 9.40. The van der Waals surface area contributed by atoms with Crippen LogP contribution in [0, 0.1) is 13.8 Å². The molecule has 0 spiro atoms. The van der Waals surface area contributed by atoms with E-state index in [9.17, 15) is 14.4 Å². The summed E-state index contributed by atoms with van der Waals surface area (Å²) in [5.74, 6) is -0.533. The largest absolute Gasteiger partial charge is 0.333 e. The minimum atomic E-state index is -0.559. The Hall–Kier alpha value is -3.13. The molecule has 0 bridgehead atoms. The number of amides is 3. The van der Waals surface area contributed by atoms with Crippen molar-refractivity contribution in [1.29, 1.82) is 0 Å². The number of hydrogen-bond acceptors (Lipinski definition) is 5. The molecule has 0 unspecified atom stereocenters. The van der Waals surface area contributed by atoms with Crippen molar-refractivity contribution >= 4 is 34.6 Å². The fourth-order valence-electron chi connectivity index (χ4n) is 3.14. The number of nitrogens with zero attached hydrogens (tertiary/aromatic N) is 2. The number of rotatable bonds is 4. The zero-order valence-corrected chi connectivity index (χ0v) is 19.1. The van der Waals surface area contributed by atoms with E-state index in [2.05, 4.69) is 15.6 Å². The van der Waals surface area contributed by atoms with Crippen LogP contribution in [0.2, 0.25) is 0 Å². The molecule has 1 aromatic heterocycles. The molecule has 0 aliphatic heterocycles. The Morgan fingerprint density at radius 2 is 1.81 bits per heavy atom. The molecule has 2 aromatic carbocycles. The molecule has 0 saturated heterocycles. The molecular formula is C23H26N4O3S. The summed E-state index contributed by atoms with van der Waals surface area (Å²) in [5.41, 5.74) is 2.62. The fourth-order valence-corrected chi connectivity index (χ4v) is 3.95. The van der Waals surface area contributed by atoms with Crippen LogP contribution in [0.4, 0.5) is 4.79 Å². The number of aryl methyl sites for hydroxylation is 2. The quantitative estimate of drug-likeness (QED) is 0.478. The Balaban J connectivity index is 1.95. The van der Waals surface area contributed by atoms with Crippen molar-refractivity contribution in [1.82, 2.24) is 20.2 Å². The van der Waals surface area contributed by atoms with Crippen molar-refractivity contribution in [2.45, 2.75) is 45.3 Å². The number of carbonyl (C=O) groups excluding carboxylic acids is 2. The van der Waals surface area contributed by atoms with Gasteiger partial charge in [0.15, 0.2) is 5.16 Å². The van der Waals surface area contributed by atoms with E-state index in [0.29, 0.717) is 21.7 Å². The molecule has 0 fully saturated rings. The normalized spacial score (nSPS) is 11.4. The molecule has 7 nitrogen and oxygen atoms in total. The highest BCUT2D eigenvalue weighted by atomic mass is 32.2. The van der Waals surface area contributed by atoms with Gasteiger partial charge >= 0.3 is 6.03 Å². The first-order valence-corrected chi connectivity index (χ1v) is 10.9. The van der Waals surface area contributed by atoms with Crippen LogP contribution in [0.15, 0.2) is 52.4 Å². The molecule has 3 amide bonds. The standard InChI is InChI=1S/C23H26N4O3S/c1-14-10-11-18(15(2)12-14)27-20(29)16-8-6-7-9-17(16)24-22(27)31-13-19(28)25-21(30)26-23(3,4)5/h6-12H,13H2,1-5H3,(H2,25,26,28,30). The number of hydrogen-bond donors (Lipinski definition) is 2. The number of thioether (sulfide) groups is 1. The van der Waals surface area contributed by atoms with Crippen molar-refractivity contribution in [3.63, 3.8) is 0 Å². The van der Waals surface area contributed by atoms with Gasteiger partial charge in [-0.05, 0) is 58.4 Å². The third-order valence-corrected chi connectivity index (χ3v) is 5.35. The molecule has 1 heterocycles. The van der Waals surface area contributed by atoms with Gasteiger partial charge in [-0.3, -0.25) is 19.5 Å². The number of fused-ring (bicyclic) bond motifs is 1. The Morgan fingerprint density at radius 3 is 2.48 bits per heavy atom. The second-order valence-corrected chi connectivity index (χ2v) is 9.33. The topological polar surface area (TPSA) is 93.1 Å². The third kappa shape index (κ3) is 5.52. The van der Waals surface area contributed by atoms with Crippen LogP contribution in [0.3, 0.4) is 0 Å². The SMILES string of the molecule is Cc1ccc(-n2c(SCC(=O)NC(=O)NC(C)(C)C)nc3ccccc3c2=O)c(C)c1. The summed E-state index contributed by atoms with van der Waals surface area (Å²) < 4.78 is 1.53. The Bertz CT molecular complexity index is 1210. The highest BCUT2D eigenvalue weighted by molar-refractivity contribution is 7.99. The molecule has 0 aliphatic rings. The van der Waals surface area contributed by atoms with Gasteiger partial charge in [0.05, 0.1) is 22.3 Å². The Labute approximate surface area is 185 Å². The van der Waals surface area contributed by atoms with E-state index in [1.807, 2.05) is 58.9 Å². The number of para-hydroxylation sites is 1. The van der Waals surface area contributed by atoms with E-state index in [0.717, 1.165) is 22.9 Å². The first-order valence-electron chi connectivity index (χ1n) is 9.89. The van der Waals surface area contributed by atoms with E-state index in [4.69, 9.17) is 0 Å². The lowest BCUT2D eigenvalue weighted by molar-refractivity contribution is -0.117. The average Bonchev–Trinajstić information content (AvgIpc) is 2.66. The molecule has 0 saturated carbocycles. The van der Waals surface area contributed by atoms with Gasteiger partial charge in [0, 0.05) is 5.54 Å². The number of imide groups is 1. The average molecular weight is 439 g/mol. The van der Waals surface area contributed by atoms with Crippen LogP contribution >= 0.6 is 11.8 Å². The molecule has 0 radical (unpaired) electrons. The number of benzene rings is 2. The van der Waals surface area contributed by atoms with Gasteiger partial charge in [0.25, 0.3) is 5.56 Å². The first-order chi connectivity index (χ1) is 14.5. The second kappa shape index (κ2) is 8.93.